The first-order chi connectivity index (χ1) is 18.4. The second-order valence-electron chi connectivity index (χ2n) is 9.51. The van der Waals surface area contributed by atoms with Crippen LogP contribution in [0.25, 0.3) is 33.3 Å². The first-order valence-corrected chi connectivity index (χ1v) is 13.0. The van der Waals surface area contributed by atoms with Crippen LogP contribution in [0.2, 0.25) is 5.02 Å². The number of carbonyl (C=O) groups is 1. The van der Waals surface area contributed by atoms with E-state index in [0.29, 0.717) is 29.4 Å². The van der Waals surface area contributed by atoms with Crippen molar-refractivity contribution >= 4 is 28.6 Å². The van der Waals surface area contributed by atoms with Crippen molar-refractivity contribution in [2.45, 2.75) is 44.0 Å². The molecule has 1 aromatic heterocycles. The quantitative estimate of drug-likeness (QED) is 0.241. The molecule has 3 atom stereocenters. The highest BCUT2D eigenvalue weighted by atomic mass is 35.5. The molecule has 1 aliphatic heterocycles. The number of aliphatic hydroxyl groups is 2. The average Bonchev–Trinajstić information content (AvgIpc) is 3.29. The normalized spacial score (nSPS) is 19.5. The molecule has 1 saturated heterocycles. The number of imidazole rings is 1. The van der Waals surface area contributed by atoms with Crippen molar-refractivity contribution in [3.8, 4) is 28.3 Å². The molecule has 2 heterocycles. The summed E-state index contributed by atoms with van der Waals surface area (Å²) < 4.78 is 11.3. The maximum Gasteiger partial charge on any atom is 0.303 e. The zero-order valence-corrected chi connectivity index (χ0v) is 21.4. The zero-order valence-electron chi connectivity index (χ0n) is 20.6. The van der Waals surface area contributed by atoms with E-state index in [-0.39, 0.29) is 25.7 Å². The fraction of sp³-hybridized carbons (Fsp3) is 0.310. The van der Waals surface area contributed by atoms with Gasteiger partial charge in [0.05, 0.1) is 35.4 Å². The van der Waals surface area contributed by atoms with E-state index < -0.39 is 18.2 Å². The van der Waals surface area contributed by atoms with Gasteiger partial charge in [0.15, 0.2) is 0 Å². The molecule has 0 amide bonds. The molecule has 0 spiro atoms. The fourth-order valence-electron chi connectivity index (χ4n) is 4.68. The summed E-state index contributed by atoms with van der Waals surface area (Å²) in [6.07, 6.45) is 0.120. The van der Waals surface area contributed by atoms with Crippen molar-refractivity contribution in [1.82, 2.24) is 9.97 Å². The zero-order chi connectivity index (χ0) is 26.6. The Morgan fingerprint density at radius 1 is 1.08 bits per heavy atom. The van der Waals surface area contributed by atoms with Crippen molar-refractivity contribution in [1.29, 1.82) is 0 Å². The summed E-state index contributed by atoms with van der Waals surface area (Å²) in [6.45, 7) is 0.0222. The van der Waals surface area contributed by atoms with Gasteiger partial charge in [-0.2, -0.15) is 4.98 Å². The summed E-state index contributed by atoms with van der Waals surface area (Å²) >= 11 is 6.62. The number of aliphatic hydroxyl groups excluding tert-OH is 2. The van der Waals surface area contributed by atoms with Gasteiger partial charge in [0, 0.05) is 18.4 Å². The molecule has 8 nitrogen and oxygen atoms in total. The first kappa shape index (κ1) is 26.2. The molecule has 4 N–H and O–H groups in total. The molecule has 198 valence electrons. The van der Waals surface area contributed by atoms with Gasteiger partial charge in [-0.3, -0.25) is 4.79 Å². The summed E-state index contributed by atoms with van der Waals surface area (Å²) in [5.74, 6) is -0.769. The molecular formula is C29H29ClN2O6. The fourth-order valence-corrected chi connectivity index (χ4v) is 4.95. The lowest BCUT2D eigenvalue weighted by atomic mass is 9.98. The number of carboxylic acid groups (broad SMARTS) is 1. The van der Waals surface area contributed by atoms with E-state index in [9.17, 15) is 15.0 Å². The Morgan fingerprint density at radius 3 is 2.42 bits per heavy atom. The van der Waals surface area contributed by atoms with E-state index in [1.165, 1.54) is 0 Å². The third-order valence-corrected chi connectivity index (χ3v) is 7.09. The predicted molar refractivity (Wildman–Crippen MR) is 144 cm³/mol. The van der Waals surface area contributed by atoms with E-state index in [2.05, 4.69) is 22.1 Å². The molecule has 38 heavy (non-hydrogen) atoms. The van der Waals surface area contributed by atoms with Crippen LogP contribution in [0.3, 0.4) is 0 Å². The van der Waals surface area contributed by atoms with Gasteiger partial charge in [-0.15, -0.1) is 0 Å². The predicted octanol–water partition coefficient (Wildman–Crippen LogP) is 4.85. The van der Waals surface area contributed by atoms with Crippen molar-refractivity contribution in [3.63, 3.8) is 0 Å². The number of ether oxygens (including phenoxy) is 2. The largest absolute Gasteiger partial charge is 0.481 e. The van der Waals surface area contributed by atoms with Crippen LogP contribution in [0.5, 0.6) is 6.01 Å². The second kappa shape index (κ2) is 11.5. The van der Waals surface area contributed by atoms with Gasteiger partial charge in [-0.25, -0.2) is 0 Å². The molecule has 9 heteroatoms. The Hall–Kier alpha value is -3.43. The molecule has 0 bridgehead atoms. The minimum atomic E-state index is -0.797. The minimum Gasteiger partial charge on any atom is -0.481 e. The van der Waals surface area contributed by atoms with Gasteiger partial charge in [0.1, 0.15) is 12.2 Å². The summed E-state index contributed by atoms with van der Waals surface area (Å²) in [6, 6.07) is 20.4. The van der Waals surface area contributed by atoms with E-state index >= 15 is 0 Å². The number of rotatable bonds is 9. The van der Waals surface area contributed by atoms with Gasteiger partial charge in [-0.1, -0.05) is 60.1 Å². The van der Waals surface area contributed by atoms with E-state index in [4.69, 9.17) is 26.2 Å². The average molecular weight is 537 g/mol. The third kappa shape index (κ3) is 6.00. The molecule has 3 aromatic carbocycles. The number of aryl methyl sites for hydroxylation is 1. The number of hydrogen-bond acceptors (Lipinski definition) is 6. The Morgan fingerprint density at radius 2 is 1.76 bits per heavy atom. The number of H-pyrrole nitrogens is 1. The topological polar surface area (TPSA) is 125 Å². The lowest BCUT2D eigenvalue weighted by Crippen LogP contribution is -2.45. The first-order valence-electron chi connectivity index (χ1n) is 12.6. The molecule has 0 saturated carbocycles. The number of aromatic nitrogens is 2. The maximum atomic E-state index is 10.7. The van der Waals surface area contributed by atoms with Crippen LogP contribution in [0.1, 0.15) is 24.8 Å². The standard InChI is InChI=1S/C29H29ClN2O6/c30-23-14-25-24(31-29(32-25)38-21-12-26(34)27(15-33)37-16-21)13-22(23)20-10-8-19(9-11-20)18-6-4-17(5-7-18)2-1-3-28(35)36/h4-11,13-14,21,26-27,33-34H,1-3,12,15-16H2,(H,31,32)(H,35,36)/t21-,26+,27-/m1/s1. The smallest absolute Gasteiger partial charge is 0.303 e. The summed E-state index contributed by atoms with van der Waals surface area (Å²) in [5, 5.41) is 28.7. The third-order valence-electron chi connectivity index (χ3n) is 6.78. The van der Waals surface area contributed by atoms with Crippen LogP contribution in [0.4, 0.5) is 0 Å². The number of nitrogens with zero attached hydrogens (tertiary/aromatic N) is 1. The van der Waals surface area contributed by atoms with Crippen LogP contribution >= 0.6 is 11.6 Å². The maximum absolute atomic E-state index is 10.7. The molecule has 4 aromatic rings. The molecule has 0 radical (unpaired) electrons. The van der Waals surface area contributed by atoms with Gasteiger partial charge in [0.25, 0.3) is 6.01 Å². The highest BCUT2D eigenvalue weighted by molar-refractivity contribution is 6.34. The molecule has 0 unspecified atom stereocenters. The van der Waals surface area contributed by atoms with Crippen LogP contribution < -0.4 is 4.74 Å². The Balaban J connectivity index is 1.28. The number of fused-ring (bicyclic) bond motifs is 1. The lowest BCUT2D eigenvalue weighted by molar-refractivity contribution is -0.137. The summed E-state index contributed by atoms with van der Waals surface area (Å²) in [4.78, 5) is 18.4. The molecule has 1 aliphatic rings. The van der Waals surface area contributed by atoms with Crippen molar-refractivity contribution < 1.29 is 29.6 Å². The number of aromatic amines is 1. The number of aliphatic carboxylic acids is 1. The Labute approximate surface area is 224 Å². The highest BCUT2D eigenvalue weighted by Gasteiger charge is 2.31. The van der Waals surface area contributed by atoms with Gasteiger partial charge < -0.3 is 29.8 Å². The number of carboxylic acids is 1. The molecule has 0 aliphatic carbocycles. The highest BCUT2D eigenvalue weighted by Crippen LogP contribution is 2.34. The van der Waals surface area contributed by atoms with Crippen molar-refractivity contribution in [2.75, 3.05) is 13.2 Å². The van der Waals surface area contributed by atoms with Gasteiger partial charge >= 0.3 is 5.97 Å². The molecule has 5 rings (SSSR count). The molecule has 1 fully saturated rings. The van der Waals surface area contributed by atoms with Crippen molar-refractivity contribution in [2.24, 2.45) is 0 Å². The second-order valence-corrected chi connectivity index (χ2v) is 9.92. The van der Waals surface area contributed by atoms with Gasteiger partial charge in [-0.05, 0) is 47.2 Å². The molecular weight excluding hydrogens is 508 g/mol. The lowest BCUT2D eigenvalue weighted by Gasteiger charge is -2.31. The van der Waals surface area contributed by atoms with E-state index in [0.717, 1.165) is 39.8 Å². The number of benzene rings is 3. The summed E-state index contributed by atoms with van der Waals surface area (Å²) in [7, 11) is 0. The van der Waals surface area contributed by atoms with E-state index in [1.807, 2.05) is 48.5 Å². The Kier molecular flexibility index (Phi) is 7.95. The van der Waals surface area contributed by atoms with Crippen LogP contribution in [-0.2, 0) is 16.0 Å². The Bertz CT molecular complexity index is 1400. The minimum absolute atomic E-state index is 0.176. The number of nitrogens with one attached hydrogen (secondary N) is 1. The van der Waals surface area contributed by atoms with Crippen LogP contribution in [0, 0.1) is 0 Å². The SMILES string of the molecule is O=C(O)CCCc1ccc(-c2ccc(-c3cc4nc(O[C@H]5CO[C@H](CO)[C@@H](O)C5)[nH]c4cc3Cl)cc2)cc1. The number of hydrogen-bond donors (Lipinski definition) is 4. The monoisotopic (exact) mass is 536 g/mol. The van der Waals surface area contributed by atoms with Crippen molar-refractivity contribution in [3.05, 3.63) is 71.2 Å². The summed E-state index contributed by atoms with van der Waals surface area (Å²) in [5.41, 5.74) is 6.51. The van der Waals surface area contributed by atoms with Crippen LogP contribution in [0.15, 0.2) is 60.7 Å². The van der Waals surface area contributed by atoms with Gasteiger partial charge in [0.2, 0.25) is 0 Å². The number of halogens is 1. The van der Waals surface area contributed by atoms with Crippen LogP contribution in [-0.4, -0.2) is 62.8 Å². The van der Waals surface area contributed by atoms with E-state index in [1.54, 1.807) is 0 Å².